The molecule has 0 bridgehead atoms. The molecule has 1 aromatic carbocycles. The Labute approximate surface area is 153 Å². The van der Waals surface area contributed by atoms with E-state index in [1.165, 1.54) is 0 Å². The van der Waals surface area contributed by atoms with Gasteiger partial charge >= 0.3 is 0 Å². The third kappa shape index (κ3) is 3.71. The van der Waals surface area contributed by atoms with Gasteiger partial charge in [-0.3, -0.25) is 9.78 Å². The van der Waals surface area contributed by atoms with Crippen molar-refractivity contribution in [1.29, 1.82) is 0 Å². The van der Waals surface area contributed by atoms with Crippen LogP contribution in [0, 0.1) is 6.92 Å². The van der Waals surface area contributed by atoms with Crippen LogP contribution in [0.15, 0.2) is 57.8 Å². The van der Waals surface area contributed by atoms with Crippen LogP contribution in [-0.2, 0) is 6.54 Å². The van der Waals surface area contributed by atoms with Crippen LogP contribution in [-0.4, -0.2) is 31.2 Å². The smallest absolute Gasteiger partial charge is 0.257 e. The second-order valence-electron chi connectivity index (χ2n) is 5.65. The Morgan fingerprint density at radius 1 is 0.963 bits per heavy atom. The standard InChI is InChI=1S/C18H14N6O3/c1-11-21-18(27-23-11)14-4-2-13(3-5-14)17(25)20-10-15-22-16(24-26-15)12-6-8-19-9-7-12/h2-9H,10H2,1H3,(H,20,25). The van der Waals surface area contributed by atoms with Gasteiger partial charge in [0.05, 0.1) is 6.54 Å². The molecule has 0 atom stereocenters. The lowest BCUT2D eigenvalue weighted by molar-refractivity contribution is 0.0946. The number of amides is 1. The lowest BCUT2D eigenvalue weighted by Crippen LogP contribution is -2.22. The Bertz CT molecular complexity index is 1060. The first-order valence-electron chi connectivity index (χ1n) is 8.11. The summed E-state index contributed by atoms with van der Waals surface area (Å²) in [5.41, 5.74) is 2.02. The minimum Gasteiger partial charge on any atom is -0.343 e. The van der Waals surface area contributed by atoms with Crippen molar-refractivity contribution in [3.05, 3.63) is 66.1 Å². The molecule has 0 radical (unpaired) electrons. The van der Waals surface area contributed by atoms with E-state index in [0.717, 1.165) is 11.1 Å². The molecule has 0 aliphatic rings. The van der Waals surface area contributed by atoms with Crippen LogP contribution in [0.4, 0.5) is 0 Å². The maximum atomic E-state index is 12.3. The summed E-state index contributed by atoms with van der Waals surface area (Å²) >= 11 is 0. The molecule has 9 heteroatoms. The minimum absolute atomic E-state index is 0.127. The average Bonchev–Trinajstić information content (AvgIpc) is 3.36. The minimum atomic E-state index is -0.257. The second kappa shape index (κ2) is 7.16. The van der Waals surface area contributed by atoms with E-state index in [1.807, 2.05) is 0 Å². The van der Waals surface area contributed by atoms with Crippen LogP contribution in [0.1, 0.15) is 22.1 Å². The van der Waals surface area contributed by atoms with E-state index in [4.69, 9.17) is 9.05 Å². The number of carbonyl (C=O) groups is 1. The number of aryl methyl sites for hydroxylation is 1. The second-order valence-corrected chi connectivity index (χ2v) is 5.65. The van der Waals surface area contributed by atoms with E-state index in [1.54, 1.807) is 55.7 Å². The zero-order valence-electron chi connectivity index (χ0n) is 14.3. The predicted molar refractivity (Wildman–Crippen MR) is 93.2 cm³/mol. The number of hydrogen-bond donors (Lipinski definition) is 1. The Kier molecular flexibility index (Phi) is 4.40. The summed E-state index contributed by atoms with van der Waals surface area (Å²) in [6.45, 7) is 1.87. The van der Waals surface area contributed by atoms with Crippen LogP contribution in [0.5, 0.6) is 0 Å². The SMILES string of the molecule is Cc1noc(-c2ccc(C(=O)NCc3nc(-c4ccncc4)no3)cc2)n1. The molecule has 1 amide bonds. The van der Waals surface area contributed by atoms with Crippen LogP contribution in [0.25, 0.3) is 22.8 Å². The lowest BCUT2D eigenvalue weighted by Gasteiger charge is -2.03. The molecular weight excluding hydrogens is 348 g/mol. The summed E-state index contributed by atoms with van der Waals surface area (Å²) in [7, 11) is 0. The van der Waals surface area contributed by atoms with Gasteiger partial charge in [0.25, 0.3) is 11.8 Å². The van der Waals surface area contributed by atoms with Crippen LogP contribution in [0.2, 0.25) is 0 Å². The molecular formula is C18H14N6O3. The largest absolute Gasteiger partial charge is 0.343 e. The van der Waals surface area contributed by atoms with E-state index in [-0.39, 0.29) is 12.5 Å². The molecule has 0 aliphatic carbocycles. The van der Waals surface area contributed by atoms with E-state index >= 15 is 0 Å². The van der Waals surface area contributed by atoms with Gasteiger partial charge in [0.15, 0.2) is 5.82 Å². The van der Waals surface area contributed by atoms with Crippen molar-refractivity contribution in [1.82, 2.24) is 30.6 Å². The number of rotatable bonds is 5. The molecule has 3 aromatic heterocycles. The first kappa shape index (κ1) is 16.6. The van der Waals surface area contributed by atoms with Gasteiger partial charge in [0.1, 0.15) is 0 Å². The van der Waals surface area contributed by atoms with Gasteiger partial charge in [-0.1, -0.05) is 10.3 Å². The number of hydrogen-bond acceptors (Lipinski definition) is 8. The highest BCUT2D eigenvalue weighted by molar-refractivity contribution is 5.94. The maximum absolute atomic E-state index is 12.3. The van der Waals surface area contributed by atoms with Crippen LogP contribution >= 0.6 is 0 Å². The lowest BCUT2D eigenvalue weighted by atomic mass is 10.1. The van der Waals surface area contributed by atoms with Crippen molar-refractivity contribution < 1.29 is 13.8 Å². The Hall–Kier alpha value is -3.88. The maximum Gasteiger partial charge on any atom is 0.257 e. The summed E-state index contributed by atoms with van der Waals surface area (Å²) in [5.74, 6) is 1.47. The monoisotopic (exact) mass is 362 g/mol. The molecule has 27 heavy (non-hydrogen) atoms. The Balaban J connectivity index is 1.39. The number of nitrogens with zero attached hydrogens (tertiary/aromatic N) is 5. The molecule has 1 N–H and O–H groups in total. The van der Waals surface area contributed by atoms with Crippen molar-refractivity contribution in [2.75, 3.05) is 0 Å². The van der Waals surface area contributed by atoms with E-state index in [9.17, 15) is 4.79 Å². The van der Waals surface area contributed by atoms with Gasteiger partial charge in [-0.15, -0.1) is 0 Å². The quantitative estimate of drug-likeness (QED) is 0.575. The zero-order valence-corrected chi connectivity index (χ0v) is 14.3. The molecule has 0 aliphatic heterocycles. The first-order valence-corrected chi connectivity index (χ1v) is 8.11. The summed E-state index contributed by atoms with van der Waals surface area (Å²) in [6, 6.07) is 10.4. The molecule has 0 spiro atoms. The highest BCUT2D eigenvalue weighted by Crippen LogP contribution is 2.18. The van der Waals surface area contributed by atoms with Gasteiger partial charge in [-0.2, -0.15) is 9.97 Å². The predicted octanol–water partition coefficient (Wildman–Crippen LogP) is 2.42. The van der Waals surface area contributed by atoms with Crippen molar-refractivity contribution >= 4 is 5.91 Å². The van der Waals surface area contributed by atoms with Crippen molar-refractivity contribution in [3.8, 4) is 22.8 Å². The molecule has 4 aromatic rings. The normalized spacial score (nSPS) is 10.7. The Morgan fingerprint density at radius 3 is 2.44 bits per heavy atom. The van der Waals surface area contributed by atoms with Gasteiger partial charge in [0, 0.05) is 29.1 Å². The van der Waals surface area contributed by atoms with E-state index in [2.05, 4.69) is 30.6 Å². The van der Waals surface area contributed by atoms with Crippen LogP contribution in [0.3, 0.4) is 0 Å². The summed E-state index contributed by atoms with van der Waals surface area (Å²) in [6.07, 6.45) is 3.29. The number of nitrogens with one attached hydrogen (secondary N) is 1. The van der Waals surface area contributed by atoms with Gasteiger partial charge in [-0.05, 0) is 43.3 Å². The van der Waals surface area contributed by atoms with E-state index in [0.29, 0.717) is 29.0 Å². The van der Waals surface area contributed by atoms with Crippen molar-refractivity contribution in [3.63, 3.8) is 0 Å². The molecule has 9 nitrogen and oxygen atoms in total. The third-order valence-electron chi connectivity index (χ3n) is 3.73. The topological polar surface area (TPSA) is 120 Å². The molecule has 134 valence electrons. The molecule has 4 rings (SSSR count). The molecule has 0 unspecified atom stereocenters. The number of pyridine rings is 1. The summed E-state index contributed by atoms with van der Waals surface area (Å²) < 4.78 is 10.3. The van der Waals surface area contributed by atoms with Gasteiger partial charge in [-0.25, -0.2) is 0 Å². The fourth-order valence-electron chi connectivity index (χ4n) is 2.38. The third-order valence-corrected chi connectivity index (χ3v) is 3.73. The number of carbonyl (C=O) groups excluding carboxylic acids is 1. The molecule has 0 fully saturated rings. The molecule has 3 heterocycles. The molecule has 0 saturated carbocycles. The zero-order chi connectivity index (χ0) is 18.6. The van der Waals surface area contributed by atoms with Crippen molar-refractivity contribution in [2.45, 2.75) is 13.5 Å². The summed E-state index contributed by atoms with van der Waals surface area (Å²) in [4.78, 5) is 24.6. The Morgan fingerprint density at radius 2 is 1.74 bits per heavy atom. The number of benzene rings is 1. The highest BCUT2D eigenvalue weighted by Gasteiger charge is 2.12. The van der Waals surface area contributed by atoms with Gasteiger partial charge in [0.2, 0.25) is 11.7 Å². The summed E-state index contributed by atoms with van der Waals surface area (Å²) in [5, 5.41) is 10.4. The fourth-order valence-corrected chi connectivity index (χ4v) is 2.38. The van der Waals surface area contributed by atoms with Gasteiger partial charge < -0.3 is 14.4 Å². The van der Waals surface area contributed by atoms with E-state index < -0.39 is 0 Å². The van der Waals surface area contributed by atoms with Crippen molar-refractivity contribution in [2.24, 2.45) is 0 Å². The number of aromatic nitrogens is 5. The average molecular weight is 362 g/mol. The fraction of sp³-hybridized carbons (Fsp3) is 0.111. The van der Waals surface area contributed by atoms with Crippen LogP contribution < -0.4 is 5.32 Å². The molecule has 0 saturated heterocycles. The highest BCUT2D eigenvalue weighted by atomic mass is 16.5. The first-order chi connectivity index (χ1) is 13.2.